The molecule has 7 nitrogen and oxygen atoms in total. The molecule has 0 fully saturated rings. The summed E-state index contributed by atoms with van der Waals surface area (Å²) < 4.78 is 0. The average molecular weight is 247 g/mol. The number of nitrogens with one attached hydrogen (secondary N) is 1. The highest BCUT2D eigenvalue weighted by Crippen LogP contribution is 2.24. The number of aromatic nitrogens is 2. The van der Waals surface area contributed by atoms with E-state index in [0.717, 1.165) is 0 Å². The number of nitrogens with zero attached hydrogens (tertiary/aromatic N) is 2. The average Bonchev–Trinajstić information content (AvgIpc) is 2.37. The Morgan fingerprint density at radius 2 is 1.94 bits per heavy atom. The maximum atomic E-state index is 11.6. The van der Waals surface area contributed by atoms with Gasteiger partial charge in [-0.3, -0.25) is 9.59 Å². The molecule has 0 unspecified atom stereocenters. The third kappa shape index (κ3) is 2.19. The fraction of sp³-hybridized carbons (Fsp3) is 0.0909. The first-order valence-electron chi connectivity index (χ1n) is 5.04. The number of carbonyl (C=O) groups excluding carboxylic acids is 1. The van der Waals surface area contributed by atoms with E-state index in [-0.39, 0.29) is 11.4 Å². The van der Waals surface area contributed by atoms with E-state index >= 15 is 0 Å². The smallest absolute Gasteiger partial charge is 0.322 e. The minimum absolute atomic E-state index is 0.296. The molecule has 0 saturated heterocycles. The Bertz CT molecular complexity index is 627. The Balaban J connectivity index is 2.37. The van der Waals surface area contributed by atoms with Crippen LogP contribution in [0.15, 0.2) is 24.3 Å². The zero-order chi connectivity index (χ0) is 13.1. The number of hydrogen-bond donors (Lipinski definition) is 3. The Morgan fingerprint density at radius 3 is 2.67 bits per heavy atom. The predicted molar refractivity (Wildman–Crippen MR) is 61.2 cm³/mol. The monoisotopic (exact) mass is 247 g/mol. The van der Waals surface area contributed by atoms with Gasteiger partial charge in [-0.1, -0.05) is 12.1 Å². The van der Waals surface area contributed by atoms with Gasteiger partial charge < -0.3 is 15.5 Å². The molecule has 2 aromatic rings. The SMILES string of the molecule is O=C(O)CNC(=O)c1nnc2ccccc2c1O. The summed E-state index contributed by atoms with van der Waals surface area (Å²) in [6, 6.07) is 6.64. The van der Waals surface area contributed by atoms with Gasteiger partial charge >= 0.3 is 5.97 Å². The third-order valence-corrected chi connectivity index (χ3v) is 2.26. The third-order valence-electron chi connectivity index (χ3n) is 2.26. The molecule has 0 aliphatic rings. The zero-order valence-electron chi connectivity index (χ0n) is 9.12. The van der Waals surface area contributed by atoms with Crippen LogP contribution in [-0.2, 0) is 4.79 Å². The predicted octanol–water partition coefficient (Wildman–Crippen LogP) is 0.150. The van der Waals surface area contributed by atoms with Crippen molar-refractivity contribution in [2.24, 2.45) is 0 Å². The van der Waals surface area contributed by atoms with Crippen molar-refractivity contribution in [1.82, 2.24) is 15.5 Å². The van der Waals surface area contributed by atoms with Crippen LogP contribution in [0, 0.1) is 0 Å². The van der Waals surface area contributed by atoms with Gasteiger partial charge in [0.15, 0.2) is 11.4 Å². The van der Waals surface area contributed by atoms with Crippen molar-refractivity contribution < 1.29 is 19.8 Å². The molecule has 0 aliphatic heterocycles. The van der Waals surface area contributed by atoms with Gasteiger partial charge in [0.05, 0.1) is 5.52 Å². The largest absolute Gasteiger partial charge is 0.505 e. The van der Waals surface area contributed by atoms with Gasteiger partial charge in [0, 0.05) is 5.39 Å². The van der Waals surface area contributed by atoms with Crippen molar-refractivity contribution in [2.45, 2.75) is 0 Å². The molecule has 0 spiro atoms. The second-order valence-electron chi connectivity index (χ2n) is 3.49. The number of hydrogen-bond acceptors (Lipinski definition) is 5. The topological polar surface area (TPSA) is 112 Å². The number of aromatic hydroxyl groups is 1. The first-order chi connectivity index (χ1) is 8.59. The number of amides is 1. The molecule has 1 aromatic carbocycles. The van der Waals surface area contributed by atoms with Gasteiger partial charge in [-0.25, -0.2) is 0 Å². The Hall–Kier alpha value is -2.70. The second-order valence-corrected chi connectivity index (χ2v) is 3.49. The fourth-order valence-corrected chi connectivity index (χ4v) is 1.43. The van der Waals surface area contributed by atoms with Crippen molar-refractivity contribution in [3.63, 3.8) is 0 Å². The summed E-state index contributed by atoms with van der Waals surface area (Å²) in [6.45, 7) is -0.549. The van der Waals surface area contributed by atoms with Crippen molar-refractivity contribution >= 4 is 22.8 Å². The summed E-state index contributed by atoms with van der Waals surface area (Å²) in [6.07, 6.45) is 0. The maximum absolute atomic E-state index is 11.6. The van der Waals surface area contributed by atoms with Crippen LogP contribution >= 0.6 is 0 Å². The van der Waals surface area contributed by atoms with Gasteiger partial charge in [-0.15, -0.1) is 10.2 Å². The Kier molecular flexibility index (Phi) is 3.05. The Labute approximate surface area is 101 Å². The molecule has 0 atom stereocenters. The number of carbonyl (C=O) groups is 2. The summed E-state index contributed by atoms with van der Waals surface area (Å²) in [7, 11) is 0. The van der Waals surface area contributed by atoms with E-state index in [1.165, 1.54) is 0 Å². The lowest BCUT2D eigenvalue weighted by molar-refractivity contribution is -0.135. The molecular formula is C11H9N3O4. The lowest BCUT2D eigenvalue weighted by Gasteiger charge is -2.05. The van der Waals surface area contributed by atoms with Crippen molar-refractivity contribution in [2.75, 3.05) is 6.54 Å². The Morgan fingerprint density at radius 1 is 1.22 bits per heavy atom. The van der Waals surface area contributed by atoms with Crippen LogP contribution < -0.4 is 5.32 Å². The summed E-state index contributed by atoms with van der Waals surface area (Å²) in [4.78, 5) is 21.9. The minimum Gasteiger partial charge on any atom is -0.505 e. The summed E-state index contributed by atoms with van der Waals surface area (Å²) >= 11 is 0. The number of rotatable bonds is 3. The van der Waals surface area contributed by atoms with E-state index < -0.39 is 18.4 Å². The lowest BCUT2D eigenvalue weighted by Crippen LogP contribution is -2.30. The number of fused-ring (bicyclic) bond motifs is 1. The number of benzene rings is 1. The molecule has 2 rings (SSSR count). The molecule has 0 bridgehead atoms. The molecule has 0 aliphatic carbocycles. The van der Waals surface area contributed by atoms with Crippen LogP contribution in [0.2, 0.25) is 0 Å². The molecule has 1 heterocycles. The molecular weight excluding hydrogens is 238 g/mol. The summed E-state index contributed by atoms with van der Waals surface area (Å²) in [5.41, 5.74) is 0.153. The molecule has 1 aromatic heterocycles. The first kappa shape index (κ1) is 11.8. The minimum atomic E-state index is -1.18. The molecule has 7 heteroatoms. The van der Waals surface area contributed by atoms with Gasteiger partial charge in [-0.2, -0.15) is 0 Å². The first-order valence-corrected chi connectivity index (χ1v) is 5.04. The molecule has 18 heavy (non-hydrogen) atoms. The van der Waals surface area contributed by atoms with Crippen LogP contribution in [0.1, 0.15) is 10.5 Å². The van der Waals surface area contributed by atoms with Gasteiger partial charge in [-0.05, 0) is 12.1 Å². The van der Waals surface area contributed by atoms with E-state index in [2.05, 4.69) is 15.5 Å². The van der Waals surface area contributed by atoms with E-state index in [1.807, 2.05) is 0 Å². The van der Waals surface area contributed by atoms with Crippen LogP contribution in [0.5, 0.6) is 5.75 Å². The lowest BCUT2D eigenvalue weighted by atomic mass is 10.2. The molecule has 3 N–H and O–H groups in total. The number of carboxylic acid groups (broad SMARTS) is 1. The number of aliphatic carboxylic acids is 1. The highest BCUT2D eigenvalue weighted by Gasteiger charge is 2.17. The summed E-state index contributed by atoms with van der Waals surface area (Å²) in [5, 5.41) is 28.1. The van der Waals surface area contributed by atoms with E-state index in [9.17, 15) is 14.7 Å². The van der Waals surface area contributed by atoms with Crippen molar-refractivity contribution in [3.8, 4) is 5.75 Å². The highest BCUT2D eigenvalue weighted by molar-refractivity contribution is 6.01. The van der Waals surface area contributed by atoms with Crippen LogP contribution in [-0.4, -0.2) is 38.8 Å². The van der Waals surface area contributed by atoms with E-state index in [0.29, 0.717) is 10.9 Å². The molecule has 0 radical (unpaired) electrons. The summed E-state index contributed by atoms with van der Waals surface area (Å²) in [5.74, 6) is -2.28. The standard InChI is InChI=1S/C11H9N3O4/c15-8(16)5-12-11(18)9-10(17)6-3-1-2-4-7(6)13-14-9/h1-4H,5H2,(H,12,18)(H,13,17)(H,15,16). The van der Waals surface area contributed by atoms with Crippen molar-refractivity contribution in [1.29, 1.82) is 0 Å². The zero-order valence-corrected chi connectivity index (χ0v) is 9.12. The maximum Gasteiger partial charge on any atom is 0.322 e. The second kappa shape index (κ2) is 4.66. The molecule has 1 amide bonds. The molecule has 92 valence electrons. The van der Waals surface area contributed by atoms with Crippen LogP contribution in [0.4, 0.5) is 0 Å². The van der Waals surface area contributed by atoms with Gasteiger partial charge in [0.2, 0.25) is 0 Å². The fourth-order valence-electron chi connectivity index (χ4n) is 1.43. The van der Waals surface area contributed by atoms with Gasteiger partial charge in [0.25, 0.3) is 5.91 Å². The molecule has 0 saturated carbocycles. The quantitative estimate of drug-likeness (QED) is 0.711. The number of carboxylic acids is 1. The normalized spacial score (nSPS) is 10.2. The van der Waals surface area contributed by atoms with Crippen molar-refractivity contribution in [3.05, 3.63) is 30.0 Å². The van der Waals surface area contributed by atoms with E-state index in [1.54, 1.807) is 24.3 Å². The van der Waals surface area contributed by atoms with E-state index in [4.69, 9.17) is 5.11 Å². The van der Waals surface area contributed by atoms with Gasteiger partial charge in [0.1, 0.15) is 6.54 Å². The van der Waals surface area contributed by atoms with Crippen LogP contribution in [0.25, 0.3) is 10.9 Å². The highest BCUT2D eigenvalue weighted by atomic mass is 16.4. The van der Waals surface area contributed by atoms with Crippen LogP contribution in [0.3, 0.4) is 0 Å².